The summed E-state index contributed by atoms with van der Waals surface area (Å²) in [6, 6.07) is 12.8. The SMILES string of the molecule is CCc1ccc(C[NH+](C)[C@H](C)C(=O)Nc2c(C)cc(C)cc2C)cc1. The van der Waals surface area contributed by atoms with Crippen molar-refractivity contribution in [2.75, 3.05) is 12.4 Å². The minimum atomic E-state index is -0.119. The molecular weight excluding hydrogens is 308 g/mol. The molecule has 0 aliphatic carbocycles. The van der Waals surface area contributed by atoms with Crippen LogP contribution in [0.4, 0.5) is 5.69 Å². The molecule has 25 heavy (non-hydrogen) atoms. The molecule has 3 heteroatoms. The van der Waals surface area contributed by atoms with Crippen molar-refractivity contribution in [3.63, 3.8) is 0 Å². The number of aryl methyl sites for hydroxylation is 4. The molecule has 2 N–H and O–H groups in total. The summed E-state index contributed by atoms with van der Waals surface area (Å²) in [4.78, 5) is 13.9. The molecule has 2 rings (SSSR count). The summed E-state index contributed by atoms with van der Waals surface area (Å²) in [5.41, 5.74) is 7.01. The van der Waals surface area contributed by atoms with Crippen LogP contribution in [0.1, 0.15) is 41.7 Å². The van der Waals surface area contributed by atoms with E-state index in [-0.39, 0.29) is 11.9 Å². The van der Waals surface area contributed by atoms with Crippen LogP contribution in [0.15, 0.2) is 36.4 Å². The van der Waals surface area contributed by atoms with Crippen molar-refractivity contribution in [2.24, 2.45) is 0 Å². The predicted molar refractivity (Wildman–Crippen MR) is 105 cm³/mol. The van der Waals surface area contributed by atoms with E-state index in [2.05, 4.69) is 62.6 Å². The van der Waals surface area contributed by atoms with Crippen molar-refractivity contribution >= 4 is 11.6 Å². The fourth-order valence-electron chi connectivity index (χ4n) is 3.20. The average molecular weight is 340 g/mol. The lowest BCUT2D eigenvalue weighted by atomic mass is 10.0. The summed E-state index contributed by atoms with van der Waals surface area (Å²) in [5.74, 6) is 0.0673. The van der Waals surface area contributed by atoms with Crippen LogP contribution in [0.25, 0.3) is 0 Å². The van der Waals surface area contributed by atoms with Crippen molar-refractivity contribution in [3.8, 4) is 0 Å². The second-order valence-electron chi connectivity index (χ2n) is 7.18. The van der Waals surface area contributed by atoms with Gasteiger partial charge in [-0.15, -0.1) is 0 Å². The zero-order valence-corrected chi connectivity index (χ0v) is 16.4. The van der Waals surface area contributed by atoms with Crippen molar-refractivity contribution < 1.29 is 9.69 Å². The Kier molecular flexibility index (Phi) is 6.38. The minimum Gasteiger partial charge on any atom is -0.324 e. The van der Waals surface area contributed by atoms with Crippen LogP contribution >= 0.6 is 0 Å². The highest BCUT2D eigenvalue weighted by molar-refractivity contribution is 5.95. The number of quaternary nitrogens is 1. The number of nitrogens with one attached hydrogen (secondary N) is 2. The molecule has 0 saturated heterocycles. The molecule has 0 bridgehead atoms. The molecular formula is C22H31N2O+. The lowest BCUT2D eigenvalue weighted by molar-refractivity contribution is -0.907. The van der Waals surface area contributed by atoms with Gasteiger partial charge in [-0.2, -0.15) is 0 Å². The van der Waals surface area contributed by atoms with E-state index in [0.29, 0.717) is 0 Å². The smallest absolute Gasteiger partial charge is 0.282 e. The maximum atomic E-state index is 12.7. The van der Waals surface area contributed by atoms with Crippen molar-refractivity contribution in [3.05, 3.63) is 64.2 Å². The van der Waals surface area contributed by atoms with Crippen LogP contribution in [-0.2, 0) is 17.8 Å². The number of likely N-dealkylation sites (N-methyl/N-ethyl adjacent to an activating group) is 1. The molecule has 3 nitrogen and oxygen atoms in total. The molecule has 0 radical (unpaired) electrons. The van der Waals surface area contributed by atoms with Crippen LogP contribution in [0, 0.1) is 20.8 Å². The minimum absolute atomic E-state index is 0.0673. The first-order valence-corrected chi connectivity index (χ1v) is 9.10. The van der Waals surface area contributed by atoms with Crippen LogP contribution in [0.5, 0.6) is 0 Å². The largest absolute Gasteiger partial charge is 0.324 e. The number of carbonyl (C=O) groups is 1. The van der Waals surface area contributed by atoms with Crippen LogP contribution < -0.4 is 10.2 Å². The maximum absolute atomic E-state index is 12.7. The van der Waals surface area contributed by atoms with Gasteiger partial charge in [-0.3, -0.25) is 4.79 Å². The van der Waals surface area contributed by atoms with E-state index < -0.39 is 0 Å². The number of anilines is 1. The maximum Gasteiger partial charge on any atom is 0.282 e. The summed E-state index contributed by atoms with van der Waals surface area (Å²) in [5, 5.41) is 3.13. The zero-order valence-electron chi connectivity index (χ0n) is 16.4. The number of rotatable bonds is 6. The highest BCUT2D eigenvalue weighted by Crippen LogP contribution is 2.21. The van der Waals surface area contributed by atoms with Gasteiger partial charge in [-0.05, 0) is 50.8 Å². The van der Waals surface area contributed by atoms with Crippen LogP contribution in [0.2, 0.25) is 0 Å². The fraction of sp³-hybridized carbons (Fsp3) is 0.409. The van der Waals surface area contributed by atoms with Crippen molar-refractivity contribution in [1.82, 2.24) is 0 Å². The number of carbonyl (C=O) groups excluding carboxylic acids is 1. The normalized spacial score (nSPS) is 13.4. The summed E-state index contributed by atoms with van der Waals surface area (Å²) < 4.78 is 0. The third kappa shape index (κ3) is 4.93. The highest BCUT2D eigenvalue weighted by atomic mass is 16.2. The molecule has 0 aliphatic rings. The van der Waals surface area contributed by atoms with Gasteiger partial charge in [0, 0.05) is 11.3 Å². The second kappa shape index (κ2) is 8.30. The van der Waals surface area contributed by atoms with Gasteiger partial charge in [-0.25, -0.2) is 0 Å². The lowest BCUT2D eigenvalue weighted by Gasteiger charge is -2.22. The molecule has 1 amide bonds. The molecule has 1 unspecified atom stereocenters. The standard InChI is InChI=1S/C22H30N2O/c1-7-19-8-10-20(11-9-19)14-24(6)18(5)22(25)23-21-16(3)12-15(2)13-17(21)4/h8-13,18H,7,14H2,1-6H3,(H,23,25)/p+1/t18-/m1/s1. The first-order valence-electron chi connectivity index (χ1n) is 9.10. The predicted octanol–water partition coefficient (Wildman–Crippen LogP) is 3.22. The Morgan fingerprint density at radius 3 is 2.08 bits per heavy atom. The monoisotopic (exact) mass is 339 g/mol. The molecule has 0 heterocycles. The molecule has 0 spiro atoms. The molecule has 0 aliphatic heterocycles. The first kappa shape index (κ1) is 19.2. The van der Waals surface area contributed by atoms with E-state index in [4.69, 9.17) is 0 Å². The molecule has 134 valence electrons. The van der Waals surface area contributed by atoms with Gasteiger partial charge in [0.15, 0.2) is 6.04 Å². The average Bonchev–Trinajstić information content (AvgIpc) is 2.57. The Hall–Kier alpha value is -2.13. The van der Waals surface area contributed by atoms with Crippen LogP contribution in [-0.4, -0.2) is 19.0 Å². The molecule has 2 atom stereocenters. The molecule has 2 aromatic rings. The van der Waals surface area contributed by atoms with E-state index in [1.807, 2.05) is 20.8 Å². The summed E-state index contributed by atoms with van der Waals surface area (Å²) >= 11 is 0. The van der Waals surface area contributed by atoms with Crippen LogP contribution in [0.3, 0.4) is 0 Å². The van der Waals surface area contributed by atoms with E-state index in [0.717, 1.165) is 29.8 Å². The van der Waals surface area contributed by atoms with Gasteiger partial charge in [0.25, 0.3) is 5.91 Å². The van der Waals surface area contributed by atoms with Gasteiger partial charge in [0.1, 0.15) is 6.54 Å². The van der Waals surface area contributed by atoms with Crippen molar-refractivity contribution in [2.45, 2.75) is 53.6 Å². The Morgan fingerprint density at radius 2 is 1.56 bits per heavy atom. The van der Waals surface area contributed by atoms with Gasteiger partial charge in [0.05, 0.1) is 7.05 Å². The number of hydrogen-bond acceptors (Lipinski definition) is 1. The summed E-state index contributed by atoms with van der Waals surface area (Å²) in [7, 11) is 2.08. The molecule has 0 fully saturated rings. The van der Waals surface area contributed by atoms with Gasteiger partial charge in [0.2, 0.25) is 0 Å². The lowest BCUT2D eigenvalue weighted by Crippen LogP contribution is -3.12. The number of hydrogen-bond donors (Lipinski definition) is 2. The third-order valence-electron chi connectivity index (χ3n) is 4.97. The summed E-state index contributed by atoms with van der Waals surface area (Å²) in [6.45, 7) is 11.2. The van der Waals surface area contributed by atoms with Gasteiger partial charge >= 0.3 is 0 Å². The summed E-state index contributed by atoms with van der Waals surface area (Å²) in [6.07, 6.45) is 1.05. The Balaban J connectivity index is 2.03. The third-order valence-corrected chi connectivity index (χ3v) is 4.97. The van der Waals surface area contributed by atoms with Gasteiger partial charge < -0.3 is 10.2 Å². The zero-order chi connectivity index (χ0) is 18.6. The first-order chi connectivity index (χ1) is 11.8. The molecule has 2 aromatic carbocycles. The Morgan fingerprint density at radius 1 is 1.04 bits per heavy atom. The van der Waals surface area contributed by atoms with Crippen molar-refractivity contribution in [1.29, 1.82) is 0 Å². The molecule has 0 aromatic heterocycles. The highest BCUT2D eigenvalue weighted by Gasteiger charge is 2.23. The topological polar surface area (TPSA) is 33.5 Å². The number of benzene rings is 2. The van der Waals surface area contributed by atoms with E-state index >= 15 is 0 Å². The quantitative estimate of drug-likeness (QED) is 0.832. The Bertz CT molecular complexity index is 711. The molecule has 0 saturated carbocycles. The van der Waals surface area contributed by atoms with E-state index in [9.17, 15) is 4.79 Å². The Labute approximate surface area is 152 Å². The second-order valence-corrected chi connectivity index (χ2v) is 7.18. The van der Waals surface area contributed by atoms with Gasteiger partial charge in [-0.1, -0.05) is 48.9 Å². The fourth-order valence-corrected chi connectivity index (χ4v) is 3.20. The van der Waals surface area contributed by atoms with E-state index in [1.54, 1.807) is 0 Å². The van der Waals surface area contributed by atoms with E-state index in [1.165, 1.54) is 21.6 Å². The number of amides is 1.